The highest BCUT2D eigenvalue weighted by Crippen LogP contribution is 2.28. The zero-order valence-electron chi connectivity index (χ0n) is 26.5. The molecule has 3 aromatic rings. The molecule has 0 N–H and O–H groups in total. The van der Waals surface area contributed by atoms with Crippen molar-refractivity contribution in [3.63, 3.8) is 0 Å². The first-order valence-corrected chi connectivity index (χ1v) is 16.2. The normalized spacial score (nSPS) is 10.6. The van der Waals surface area contributed by atoms with E-state index in [2.05, 4.69) is 6.92 Å². The number of carbonyl (C=O) groups is 2. The molecule has 3 rings (SSSR count). The lowest BCUT2D eigenvalue weighted by Crippen LogP contribution is -3.00. The van der Waals surface area contributed by atoms with Crippen LogP contribution in [0.3, 0.4) is 0 Å². The lowest BCUT2D eigenvalue weighted by molar-refractivity contribution is -0.679. The van der Waals surface area contributed by atoms with Crippen molar-refractivity contribution in [3.05, 3.63) is 88.7 Å². The van der Waals surface area contributed by atoms with Crippen LogP contribution in [0.4, 0.5) is 0 Å². The molecule has 1 aromatic heterocycles. The minimum Gasteiger partial charge on any atom is -1.00 e. The Morgan fingerprint density at radius 3 is 2.00 bits per heavy atom. The number of imide groups is 1. The molecule has 0 saturated heterocycles. The summed E-state index contributed by atoms with van der Waals surface area (Å²) < 4.78 is 13.2. The van der Waals surface area contributed by atoms with Gasteiger partial charge in [-0.25, -0.2) is 4.57 Å². The van der Waals surface area contributed by atoms with Gasteiger partial charge in [-0.05, 0) is 36.8 Å². The molecule has 0 atom stereocenters. The second-order valence-electron chi connectivity index (χ2n) is 11.1. The van der Waals surface area contributed by atoms with Crippen LogP contribution >= 0.6 is 11.6 Å². The van der Waals surface area contributed by atoms with Crippen LogP contribution < -0.4 is 38.0 Å². The number of benzene rings is 2. The Bertz CT molecular complexity index is 1300. The van der Waals surface area contributed by atoms with Crippen LogP contribution in [-0.2, 0) is 13.6 Å². The molecule has 0 saturated carbocycles. The maximum Gasteiger partial charge on any atom is 0.265 e. The highest BCUT2D eigenvalue weighted by molar-refractivity contribution is 6.32. The second-order valence-corrected chi connectivity index (χ2v) is 11.5. The number of para-hydroxylation sites is 1. The Hall–Kier alpha value is -2.65. The molecule has 0 bridgehead atoms. The molecule has 1 heterocycles. The number of amides is 2. The molecule has 0 aliphatic rings. The van der Waals surface area contributed by atoms with Gasteiger partial charge in [0.2, 0.25) is 5.69 Å². The largest absolute Gasteiger partial charge is 1.00 e. The summed E-state index contributed by atoms with van der Waals surface area (Å²) in [4.78, 5) is 28.7. The summed E-state index contributed by atoms with van der Waals surface area (Å²) in [6.45, 7) is 2.92. The lowest BCUT2D eigenvalue weighted by Gasteiger charge is -2.21. The Labute approximate surface area is 286 Å². The number of unbranched alkanes of at least 4 members (excludes halogenated alkanes) is 11. The molecule has 44 heavy (non-hydrogen) atoms. The fraction of sp³-hybridized carbons (Fsp3) is 0.472. The van der Waals surface area contributed by atoms with Crippen LogP contribution in [0.25, 0.3) is 0 Å². The van der Waals surface area contributed by atoms with Crippen molar-refractivity contribution in [2.75, 3.05) is 13.7 Å². The van der Waals surface area contributed by atoms with Gasteiger partial charge in [0.1, 0.15) is 25.1 Å². The maximum atomic E-state index is 13.8. The number of pyridine rings is 1. The number of ether oxygens (including phenoxy) is 2. The van der Waals surface area contributed by atoms with Gasteiger partial charge in [0.15, 0.2) is 6.20 Å². The summed E-state index contributed by atoms with van der Waals surface area (Å²) in [6, 6.07) is 17.5. The molecule has 0 aliphatic heterocycles. The number of rotatable bonds is 19. The zero-order chi connectivity index (χ0) is 30.9. The van der Waals surface area contributed by atoms with Crippen molar-refractivity contribution in [3.8, 4) is 11.5 Å². The lowest BCUT2D eigenvalue weighted by atomic mass is 10.1. The van der Waals surface area contributed by atoms with Gasteiger partial charge in [-0.1, -0.05) is 107 Å². The van der Waals surface area contributed by atoms with E-state index in [1.54, 1.807) is 42.5 Å². The van der Waals surface area contributed by atoms with Crippen LogP contribution in [0, 0.1) is 0 Å². The van der Waals surface area contributed by atoms with E-state index in [1.807, 2.05) is 36.0 Å². The number of carbonyl (C=O) groups excluding carboxylic acids is 2. The number of halogens is 2. The van der Waals surface area contributed by atoms with E-state index in [0.29, 0.717) is 34.3 Å². The van der Waals surface area contributed by atoms with Gasteiger partial charge in [0.05, 0.1) is 24.3 Å². The molecule has 0 unspecified atom stereocenters. The van der Waals surface area contributed by atoms with Crippen molar-refractivity contribution < 1.29 is 47.6 Å². The first-order chi connectivity index (χ1) is 21.0. The Kier molecular flexibility index (Phi) is 18.0. The molecule has 0 aliphatic carbocycles. The van der Waals surface area contributed by atoms with Gasteiger partial charge < -0.3 is 33.5 Å². The van der Waals surface area contributed by atoms with E-state index in [-0.39, 0.29) is 30.5 Å². The van der Waals surface area contributed by atoms with Crippen LogP contribution in [-0.4, -0.2) is 30.4 Å². The fourth-order valence-electron chi connectivity index (χ4n) is 5.12. The van der Waals surface area contributed by atoms with E-state index in [1.165, 1.54) is 76.2 Å². The van der Waals surface area contributed by atoms with E-state index in [9.17, 15) is 9.59 Å². The third kappa shape index (κ3) is 12.0. The summed E-state index contributed by atoms with van der Waals surface area (Å²) in [5, 5.41) is 0.347. The molecule has 6 nitrogen and oxygen atoms in total. The molecular weight excluding hydrogens is 687 g/mol. The SMILES string of the molecule is CCCCCCCCCCCCCCOc1ccc(C(=O)N(Cc2cccc[n+]2C)C(=O)c2ccccc2OC)cc1Cl.[I-]. The molecule has 8 heteroatoms. The van der Waals surface area contributed by atoms with Crippen molar-refractivity contribution >= 4 is 23.4 Å². The summed E-state index contributed by atoms with van der Waals surface area (Å²) in [6.07, 6.45) is 17.3. The predicted molar refractivity (Wildman–Crippen MR) is 173 cm³/mol. The smallest absolute Gasteiger partial charge is 0.265 e. The summed E-state index contributed by atoms with van der Waals surface area (Å²) in [5.41, 5.74) is 1.42. The number of hydrogen-bond acceptors (Lipinski definition) is 4. The predicted octanol–water partition coefficient (Wildman–Crippen LogP) is 5.74. The average molecular weight is 735 g/mol. The van der Waals surface area contributed by atoms with Crippen molar-refractivity contribution in [2.24, 2.45) is 7.05 Å². The molecule has 0 fully saturated rings. The number of aromatic nitrogens is 1. The Balaban J connectivity index is 0.00000675. The minimum atomic E-state index is -0.450. The third-order valence-corrected chi connectivity index (χ3v) is 8.04. The maximum absolute atomic E-state index is 13.8. The van der Waals surface area contributed by atoms with Gasteiger partial charge in [-0.15, -0.1) is 0 Å². The summed E-state index contributed by atoms with van der Waals surface area (Å²) in [7, 11) is 3.39. The topological polar surface area (TPSA) is 59.7 Å². The van der Waals surface area contributed by atoms with Crippen LogP contribution in [0.1, 0.15) is 110 Å². The highest BCUT2D eigenvalue weighted by atomic mass is 127. The Morgan fingerprint density at radius 2 is 1.39 bits per heavy atom. The van der Waals surface area contributed by atoms with Crippen molar-refractivity contribution in [2.45, 2.75) is 90.5 Å². The molecule has 2 amide bonds. The second kappa shape index (κ2) is 21.2. The van der Waals surface area contributed by atoms with E-state index in [0.717, 1.165) is 18.5 Å². The molecule has 2 aromatic carbocycles. The summed E-state index contributed by atoms with van der Waals surface area (Å²) >= 11 is 6.55. The van der Waals surface area contributed by atoms with Gasteiger partial charge in [0.25, 0.3) is 11.8 Å². The molecule has 0 radical (unpaired) electrons. The molecule has 240 valence electrons. The van der Waals surface area contributed by atoms with Crippen molar-refractivity contribution in [1.82, 2.24) is 4.90 Å². The average Bonchev–Trinajstić information content (AvgIpc) is 3.02. The highest BCUT2D eigenvalue weighted by Gasteiger charge is 2.29. The van der Waals surface area contributed by atoms with Crippen LogP contribution in [0.15, 0.2) is 66.9 Å². The monoisotopic (exact) mass is 734 g/mol. The van der Waals surface area contributed by atoms with Gasteiger partial charge in [-0.3, -0.25) is 14.5 Å². The number of aryl methyl sites for hydroxylation is 1. The zero-order valence-corrected chi connectivity index (χ0v) is 29.4. The van der Waals surface area contributed by atoms with Gasteiger partial charge >= 0.3 is 0 Å². The van der Waals surface area contributed by atoms with Crippen molar-refractivity contribution in [1.29, 1.82) is 0 Å². The third-order valence-electron chi connectivity index (χ3n) is 7.74. The van der Waals surface area contributed by atoms with Gasteiger partial charge in [-0.2, -0.15) is 0 Å². The number of nitrogens with zero attached hydrogens (tertiary/aromatic N) is 2. The van der Waals surface area contributed by atoms with Crippen LogP contribution in [0.2, 0.25) is 5.02 Å². The first kappa shape index (κ1) is 37.5. The van der Waals surface area contributed by atoms with E-state index in [4.69, 9.17) is 21.1 Å². The van der Waals surface area contributed by atoms with Crippen LogP contribution in [0.5, 0.6) is 11.5 Å². The number of methoxy groups -OCH3 is 1. The molecular formula is C36H48ClIN2O4. The number of hydrogen-bond donors (Lipinski definition) is 0. The van der Waals surface area contributed by atoms with E-state index >= 15 is 0 Å². The standard InChI is InChI=1S/C36H48ClN2O4.HI/c1-4-5-6-7-8-9-10-11-12-13-14-19-26-43-34-24-23-29(27-32(34)37)35(40)39(28-30-20-17-18-25-38(30)2)36(41)31-21-15-16-22-33(31)42-3;/h15-18,20-25,27H,4-14,19,26,28H2,1-3H3;1H/q+1;/p-1. The first-order valence-electron chi connectivity index (χ1n) is 15.8. The van der Waals surface area contributed by atoms with E-state index < -0.39 is 11.8 Å². The summed E-state index contributed by atoms with van der Waals surface area (Å²) in [5.74, 6) is 0.0459. The Morgan fingerprint density at radius 1 is 0.773 bits per heavy atom. The fourth-order valence-corrected chi connectivity index (χ4v) is 5.35. The quantitative estimate of drug-likeness (QED) is 0.0683. The van der Waals surface area contributed by atoms with Gasteiger partial charge in [0, 0.05) is 17.7 Å². The molecule has 0 spiro atoms. The minimum absolute atomic E-state index is 0.